The Bertz CT molecular complexity index is 1290. The molecule has 7 heteroatoms. The highest BCUT2D eigenvalue weighted by Crippen LogP contribution is 2.38. The second-order valence-electron chi connectivity index (χ2n) is 8.11. The summed E-state index contributed by atoms with van der Waals surface area (Å²) in [5.74, 6) is 0.958. The molecule has 4 aromatic rings. The number of fused-ring (bicyclic) bond motifs is 7. The molecule has 2 bridgehead atoms. The molecule has 1 aliphatic rings. The number of aryl methyl sites for hydroxylation is 3. The molecule has 3 aromatic heterocycles. The Morgan fingerprint density at radius 2 is 1.87 bits per heavy atom. The molecule has 158 valence electrons. The molecule has 1 unspecified atom stereocenters. The van der Waals surface area contributed by atoms with Crippen molar-refractivity contribution in [3.8, 4) is 28.3 Å². The third-order valence-corrected chi connectivity index (χ3v) is 5.97. The molecule has 0 spiro atoms. The van der Waals surface area contributed by atoms with Gasteiger partial charge in [-0.1, -0.05) is 23.8 Å². The molecule has 0 radical (unpaired) electrons. The van der Waals surface area contributed by atoms with Crippen LogP contribution < -0.4 is 10.5 Å². The van der Waals surface area contributed by atoms with Crippen LogP contribution in [-0.4, -0.2) is 24.5 Å². The summed E-state index contributed by atoms with van der Waals surface area (Å²) in [5.41, 5.74) is 14.9. The lowest BCUT2D eigenvalue weighted by Crippen LogP contribution is -2.11. The van der Waals surface area contributed by atoms with Crippen molar-refractivity contribution in [2.75, 3.05) is 5.73 Å². The first kappa shape index (κ1) is 19.4. The molecule has 4 heterocycles. The zero-order chi connectivity index (χ0) is 21.7. The second kappa shape index (κ2) is 7.27. The average molecular weight is 415 g/mol. The number of rotatable bonds is 1. The van der Waals surface area contributed by atoms with E-state index in [-0.39, 0.29) is 6.10 Å². The summed E-state index contributed by atoms with van der Waals surface area (Å²) in [6.45, 7) is 7.05. The van der Waals surface area contributed by atoms with Gasteiger partial charge in [0.15, 0.2) is 11.6 Å². The first-order valence-electron chi connectivity index (χ1n) is 10.5. The summed E-state index contributed by atoms with van der Waals surface area (Å²) in [6.07, 6.45) is 6.19. The Morgan fingerprint density at radius 1 is 1.10 bits per heavy atom. The Hall–Kier alpha value is -3.61. The number of benzene rings is 1. The van der Waals surface area contributed by atoms with Crippen LogP contribution in [0, 0.1) is 6.92 Å². The van der Waals surface area contributed by atoms with E-state index in [0.29, 0.717) is 11.6 Å². The van der Waals surface area contributed by atoms with Crippen LogP contribution in [-0.2, 0) is 20.0 Å². The number of ether oxygens (including phenoxy) is 1. The molecule has 2 N–H and O–H groups in total. The van der Waals surface area contributed by atoms with Gasteiger partial charge in [-0.3, -0.25) is 9.36 Å². The van der Waals surface area contributed by atoms with Crippen LogP contribution >= 0.6 is 0 Å². The van der Waals surface area contributed by atoms with Gasteiger partial charge >= 0.3 is 0 Å². The molecule has 1 aromatic carbocycles. The van der Waals surface area contributed by atoms with Gasteiger partial charge in [-0.25, -0.2) is 4.98 Å². The Kier molecular flexibility index (Phi) is 4.54. The summed E-state index contributed by atoms with van der Waals surface area (Å²) in [5, 5.41) is 9.22. The zero-order valence-corrected chi connectivity index (χ0v) is 18.3. The molecule has 0 saturated heterocycles. The quantitative estimate of drug-likeness (QED) is 0.502. The summed E-state index contributed by atoms with van der Waals surface area (Å²) < 4.78 is 10.3. The summed E-state index contributed by atoms with van der Waals surface area (Å²) in [7, 11) is 1.94. The highest BCUT2D eigenvalue weighted by atomic mass is 16.5. The highest BCUT2D eigenvalue weighted by Gasteiger charge is 2.24. The van der Waals surface area contributed by atoms with E-state index in [2.05, 4.69) is 53.7 Å². The van der Waals surface area contributed by atoms with Gasteiger partial charge in [0.25, 0.3) is 0 Å². The first-order valence-corrected chi connectivity index (χ1v) is 10.5. The fourth-order valence-electron chi connectivity index (χ4n) is 4.46. The molecule has 31 heavy (non-hydrogen) atoms. The average Bonchev–Trinajstić information content (AvgIpc) is 3.32. The maximum absolute atomic E-state index is 6.39. The van der Waals surface area contributed by atoms with Gasteiger partial charge in [0.05, 0.1) is 23.8 Å². The molecule has 0 aliphatic carbocycles. The van der Waals surface area contributed by atoms with Crippen LogP contribution in [0.5, 0.6) is 5.75 Å². The normalized spacial score (nSPS) is 15.2. The Labute approximate surface area is 181 Å². The molecule has 0 fully saturated rings. The van der Waals surface area contributed by atoms with Crippen molar-refractivity contribution in [1.82, 2.24) is 24.5 Å². The van der Waals surface area contributed by atoms with Crippen molar-refractivity contribution in [2.45, 2.75) is 39.8 Å². The lowest BCUT2D eigenvalue weighted by Gasteiger charge is -2.22. The predicted molar refractivity (Wildman–Crippen MR) is 121 cm³/mol. The van der Waals surface area contributed by atoms with E-state index in [1.165, 1.54) is 5.56 Å². The molecular formula is C24H26N6O. The van der Waals surface area contributed by atoms with E-state index in [1.807, 2.05) is 30.2 Å². The first-order chi connectivity index (χ1) is 15.0. The number of pyridine rings is 1. The van der Waals surface area contributed by atoms with Crippen LogP contribution in [0.15, 0.2) is 42.9 Å². The lowest BCUT2D eigenvalue weighted by molar-refractivity contribution is 0.228. The van der Waals surface area contributed by atoms with Crippen molar-refractivity contribution in [3.63, 3.8) is 0 Å². The van der Waals surface area contributed by atoms with Gasteiger partial charge in [-0.15, -0.1) is 0 Å². The van der Waals surface area contributed by atoms with Crippen LogP contribution in [0.4, 0.5) is 5.82 Å². The van der Waals surface area contributed by atoms with Crippen molar-refractivity contribution >= 4 is 5.82 Å². The van der Waals surface area contributed by atoms with Crippen molar-refractivity contribution in [2.24, 2.45) is 7.05 Å². The summed E-state index contributed by atoms with van der Waals surface area (Å²) in [4.78, 5) is 4.41. The molecule has 5 rings (SSSR count). The number of nitrogens with zero attached hydrogens (tertiary/aromatic N) is 5. The van der Waals surface area contributed by atoms with Gasteiger partial charge in [-0.2, -0.15) is 10.2 Å². The molecule has 1 aliphatic heterocycles. The number of nitrogens with two attached hydrogens (primary N) is 1. The van der Waals surface area contributed by atoms with E-state index in [4.69, 9.17) is 15.6 Å². The van der Waals surface area contributed by atoms with E-state index in [1.54, 1.807) is 6.20 Å². The minimum Gasteiger partial charge on any atom is -0.482 e. The summed E-state index contributed by atoms with van der Waals surface area (Å²) in [6, 6.07) is 8.46. The number of hydrogen-bond acceptors (Lipinski definition) is 5. The maximum Gasteiger partial charge on any atom is 0.166 e. The fourth-order valence-corrected chi connectivity index (χ4v) is 4.46. The van der Waals surface area contributed by atoms with Gasteiger partial charge in [0.2, 0.25) is 0 Å². The van der Waals surface area contributed by atoms with E-state index < -0.39 is 0 Å². The van der Waals surface area contributed by atoms with E-state index in [0.717, 1.165) is 52.2 Å². The van der Waals surface area contributed by atoms with Crippen molar-refractivity contribution in [3.05, 3.63) is 65.1 Å². The fraction of sp³-hybridized carbons (Fsp3) is 0.292. The van der Waals surface area contributed by atoms with Gasteiger partial charge < -0.3 is 10.5 Å². The minimum absolute atomic E-state index is 0.215. The largest absolute Gasteiger partial charge is 0.482 e. The SMILES string of the molecule is CCn1ncc2c1-c1ccc(C)cc1C(C)Oc1cc(cnc1N)-c1c(cnn1C)C2. The van der Waals surface area contributed by atoms with Crippen LogP contribution in [0.3, 0.4) is 0 Å². The maximum atomic E-state index is 6.39. The Balaban J connectivity index is 1.82. The van der Waals surface area contributed by atoms with Gasteiger partial charge in [0.1, 0.15) is 6.10 Å². The minimum atomic E-state index is -0.215. The Morgan fingerprint density at radius 3 is 2.68 bits per heavy atom. The standard InChI is InChI=1S/C24H26N6O/c1-5-30-23-17(13-28-30)9-16-12-27-29(4)22(16)18-10-21(24(25)26-11-18)31-15(3)20-8-14(2)6-7-19(20)23/h6-8,10-13,15H,5,9H2,1-4H3,(H2,25,26). The number of hydrogen-bond donors (Lipinski definition) is 1. The summed E-state index contributed by atoms with van der Waals surface area (Å²) >= 11 is 0. The van der Waals surface area contributed by atoms with Crippen LogP contribution in [0.2, 0.25) is 0 Å². The second-order valence-corrected chi connectivity index (χ2v) is 8.11. The van der Waals surface area contributed by atoms with E-state index in [9.17, 15) is 0 Å². The van der Waals surface area contributed by atoms with Crippen molar-refractivity contribution in [1.29, 1.82) is 0 Å². The molecule has 0 amide bonds. The van der Waals surface area contributed by atoms with Gasteiger partial charge in [0, 0.05) is 54.0 Å². The topological polar surface area (TPSA) is 83.8 Å². The van der Waals surface area contributed by atoms with Crippen LogP contribution in [0.1, 0.15) is 42.2 Å². The van der Waals surface area contributed by atoms with Gasteiger partial charge in [-0.05, 0) is 26.8 Å². The highest BCUT2D eigenvalue weighted by molar-refractivity contribution is 5.72. The molecule has 0 saturated carbocycles. The molecule has 1 atom stereocenters. The third-order valence-electron chi connectivity index (χ3n) is 5.97. The third kappa shape index (κ3) is 3.17. The van der Waals surface area contributed by atoms with E-state index >= 15 is 0 Å². The number of nitrogen functional groups attached to an aromatic ring is 1. The number of anilines is 1. The number of aromatic nitrogens is 5. The predicted octanol–water partition coefficient (Wildman–Crippen LogP) is 4.30. The molecular weight excluding hydrogens is 388 g/mol. The molecule has 7 nitrogen and oxygen atoms in total. The lowest BCUT2D eigenvalue weighted by atomic mass is 9.93. The smallest absolute Gasteiger partial charge is 0.166 e. The van der Waals surface area contributed by atoms with Crippen molar-refractivity contribution < 1.29 is 4.74 Å². The zero-order valence-electron chi connectivity index (χ0n) is 18.3. The van der Waals surface area contributed by atoms with Crippen LogP contribution in [0.25, 0.3) is 22.5 Å². The monoisotopic (exact) mass is 414 g/mol.